The zero-order chi connectivity index (χ0) is 11.7. The molecule has 1 heterocycles. The third-order valence-electron chi connectivity index (χ3n) is 2.31. The van der Waals surface area contributed by atoms with E-state index in [0.29, 0.717) is 16.8 Å². The largest absolute Gasteiger partial charge is 0.398 e. The molecule has 4 heteroatoms. The van der Waals surface area contributed by atoms with Gasteiger partial charge < -0.3 is 5.73 Å². The Bertz CT molecular complexity index is 548. The summed E-state index contributed by atoms with van der Waals surface area (Å²) in [4.78, 5) is 12.2. The number of benzene rings is 1. The van der Waals surface area contributed by atoms with Crippen LogP contribution in [0.2, 0.25) is 0 Å². The predicted molar refractivity (Wildman–Crippen MR) is 71.0 cm³/mol. The third kappa shape index (κ3) is 2.03. The van der Waals surface area contributed by atoms with Crippen molar-refractivity contribution in [2.75, 3.05) is 5.73 Å². The van der Waals surface area contributed by atoms with Crippen molar-refractivity contribution in [2.45, 2.75) is 6.92 Å². The van der Waals surface area contributed by atoms with Crippen molar-refractivity contribution in [2.24, 2.45) is 0 Å². The number of nitrogens with two attached hydrogens (primary N) is 1. The summed E-state index contributed by atoms with van der Waals surface area (Å²) in [5, 5.41) is 3.72. The van der Waals surface area contributed by atoms with Gasteiger partial charge in [0.1, 0.15) is 0 Å². The molecular formula is C12H10BrNOS. The molecule has 16 heavy (non-hydrogen) atoms. The molecule has 0 saturated heterocycles. The number of thiophene rings is 1. The molecule has 2 N–H and O–H groups in total. The van der Waals surface area contributed by atoms with E-state index in [9.17, 15) is 4.79 Å². The van der Waals surface area contributed by atoms with E-state index in [1.54, 1.807) is 6.07 Å². The van der Waals surface area contributed by atoms with E-state index in [0.717, 1.165) is 10.0 Å². The first-order valence-corrected chi connectivity index (χ1v) is 6.45. The van der Waals surface area contributed by atoms with Crippen LogP contribution in [0, 0.1) is 6.92 Å². The van der Waals surface area contributed by atoms with Gasteiger partial charge in [-0.1, -0.05) is 11.6 Å². The Balaban J connectivity index is 2.49. The van der Waals surface area contributed by atoms with Crippen LogP contribution in [0.15, 0.2) is 33.4 Å². The lowest BCUT2D eigenvalue weighted by molar-refractivity contribution is 0.103. The van der Waals surface area contributed by atoms with Crippen molar-refractivity contribution in [3.8, 4) is 0 Å². The summed E-state index contributed by atoms with van der Waals surface area (Å²) in [6.45, 7) is 1.94. The summed E-state index contributed by atoms with van der Waals surface area (Å²) in [5.74, 6) is -0.0330. The van der Waals surface area contributed by atoms with Crippen LogP contribution >= 0.6 is 27.3 Å². The zero-order valence-corrected chi connectivity index (χ0v) is 11.1. The van der Waals surface area contributed by atoms with Crippen LogP contribution in [0.4, 0.5) is 5.69 Å². The van der Waals surface area contributed by atoms with Crippen molar-refractivity contribution >= 4 is 38.7 Å². The van der Waals surface area contributed by atoms with Gasteiger partial charge in [0.15, 0.2) is 5.78 Å². The molecule has 0 radical (unpaired) electrons. The maximum absolute atomic E-state index is 12.2. The van der Waals surface area contributed by atoms with Crippen LogP contribution in [-0.4, -0.2) is 5.78 Å². The summed E-state index contributed by atoms with van der Waals surface area (Å²) in [7, 11) is 0. The average Bonchev–Trinajstić information content (AvgIpc) is 2.67. The summed E-state index contributed by atoms with van der Waals surface area (Å²) in [6, 6.07) is 5.49. The highest BCUT2D eigenvalue weighted by Gasteiger charge is 2.15. The number of ketones is 1. The molecule has 0 amide bonds. The van der Waals surface area contributed by atoms with Gasteiger partial charge in [-0.3, -0.25) is 4.79 Å². The van der Waals surface area contributed by atoms with E-state index in [1.807, 2.05) is 29.8 Å². The monoisotopic (exact) mass is 295 g/mol. The Morgan fingerprint density at radius 3 is 2.69 bits per heavy atom. The van der Waals surface area contributed by atoms with E-state index in [2.05, 4.69) is 15.9 Å². The van der Waals surface area contributed by atoms with Gasteiger partial charge >= 0.3 is 0 Å². The molecule has 0 atom stereocenters. The Labute approximate surface area is 106 Å². The molecule has 2 nitrogen and oxygen atoms in total. The Kier molecular flexibility index (Phi) is 3.12. The fourth-order valence-electron chi connectivity index (χ4n) is 1.46. The number of rotatable bonds is 2. The van der Waals surface area contributed by atoms with Gasteiger partial charge in [-0.05, 0) is 35.0 Å². The quantitative estimate of drug-likeness (QED) is 0.679. The van der Waals surface area contributed by atoms with Crippen LogP contribution in [0.1, 0.15) is 21.5 Å². The lowest BCUT2D eigenvalue weighted by Crippen LogP contribution is -2.05. The maximum atomic E-state index is 12.2. The molecule has 0 fully saturated rings. The first-order chi connectivity index (χ1) is 7.59. The lowest BCUT2D eigenvalue weighted by Gasteiger charge is -2.05. The van der Waals surface area contributed by atoms with Crippen molar-refractivity contribution in [1.82, 2.24) is 0 Å². The number of anilines is 1. The first-order valence-electron chi connectivity index (χ1n) is 4.72. The van der Waals surface area contributed by atoms with Crippen LogP contribution in [-0.2, 0) is 0 Å². The number of hydrogen-bond donors (Lipinski definition) is 1. The molecule has 82 valence electrons. The minimum absolute atomic E-state index is 0.0330. The highest BCUT2D eigenvalue weighted by molar-refractivity contribution is 9.10. The lowest BCUT2D eigenvalue weighted by atomic mass is 10.0. The summed E-state index contributed by atoms with van der Waals surface area (Å²) in [5.41, 5.74) is 8.60. The molecule has 2 aromatic rings. The molecule has 1 aromatic heterocycles. The Morgan fingerprint density at radius 2 is 2.06 bits per heavy atom. The predicted octanol–water partition coefficient (Wildman–Crippen LogP) is 3.63. The van der Waals surface area contributed by atoms with Gasteiger partial charge in [-0.15, -0.1) is 0 Å². The van der Waals surface area contributed by atoms with E-state index < -0.39 is 0 Å². The molecule has 0 saturated carbocycles. The molecule has 2 rings (SSSR count). The van der Waals surface area contributed by atoms with E-state index >= 15 is 0 Å². The molecule has 1 aromatic carbocycles. The Morgan fingerprint density at radius 1 is 1.31 bits per heavy atom. The molecular weight excluding hydrogens is 286 g/mol. The fourth-order valence-corrected chi connectivity index (χ4v) is 2.91. The first kappa shape index (κ1) is 11.4. The number of carbonyl (C=O) groups excluding carboxylic acids is 1. The molecule has 0 aliphatic heterocycles. The Hall–Kier alpha value is -1.13. The number of hydrogen-bond acceptors (Lipinski definition) is 3. The minimum atomic E-state index is -0.0330. The van der Waals surface area contributed by atoms with Crippen molar-refractivity contribution in [3.63, 3.8) is 0 Å². The smallest absolute Gasteiger partial charge is 0.197 e. The van der Waals surface area contributed by atoms with Crippen molar-refractivity contribution in [3.05, 3.63) is 50.1 Å². The molecule has 0 aliphatic rings. The number of halogens is 1. The summed E-state index contributed by atoms with van der Waals surface area (Å²) in [6.07, 6.45) is 0. The molecule has 0 unspecified atom stereocenters. The SMILES string of the molecule is Cc1ccc(N)c(C(=O)c2cscc2Br)c1. The van der Waals surface area contributed by atoms with Gasteiger partial charge in [0.2, 0.25) is 0 Å². The van der Waals surface area contributed by atoms with Crippen LogP contribution < -0.4 is 5.73 Å². The van der Waals surface area contributed by atoms with Gasteiger partial charge in [0.25, 0.3) is 0 Å². The minimum Gasteiger partial charge on any atom is -0.398 e. The summed E-state index contributed by atoms with van der Waals surface area (Å²) < 4.78 is 0.823. The number of carbonyl (C=O) groups is 1. The molecule has 0 aliphatic carbocycles. The van der Waals surface area contributed by atoms with Gasteiger partial charge in [0, 0.05) is 32.0 Å². The second-order valence-corrected chi connectivity index (χ2v) is 5.15. The van der Waals surface area contributed by atoms with Gasteiger partial charge in [-0.2, -0.15) is 11.3 Å². The van der Waals surface area contributed by atoms with Crippen molar-refractivity contribution in [1.29, 1.82) is 0 Å². The van der Waals surface area contributed by atoms with E-state index in [-0.39, 0.29) is 5.78 Å². The second-order valence-electron chi connectivity index (χ2n) is 3.55. The van der Waals surface area contributed by atoms with E-state index in [1.165, 1.54) is 11.3 Å². The number of nitrogen functional groups attached to an aromatic ring is 1. The zero-order valence-electron chi connectivity index (χ0n) is 8.66. The van der Waals surface area contributed by atoms with Gasteiger partial charge in [0.05, 0.1) is 0 Å². The molecule has 0 bridgehead atoms. The third-order valence-corrected chi connectivity index (χ3v) is 4.02. The fraction of sp³-hybridized carbons (Fsp3) is 0.0833. The average molecular weight is 296 g/mol. The second kappa shape index (κ2) is 4.39. The standard InChI is InChI=1S/C12H10BrNOS/c1-7-2-3-11(14)8(4-7)12(15)9-5-16-6-10(9)13/h2-6H,14H2,1H3. The van der Waals surface area contributed by atoms with Gasteiger partial charge in [-0.25, -0.2) is 0 Å². The van der Waals surface area contributed by atoms with Crippen LogP contribution in [0.5, 0.6) is 0 Å². The normalized spacial score (nSPS) is 10.4. The highest BCUT2D eigenvalue weighted by Crippen LogP contribution is 2.26. The summed E-state index contributed by atoms with van der Waals surface area (Å²) >= 11 is 4.85. The highest BCUT2D eigenvalue weighted by atomic mass is 79.9. The maximum Gasteiger partial charge on any atom is 0.197 e. The topological polar surface area (TPSA) is 43.1 Å². The van der Waals surface area contributed by atoms with Crippen LogP contribution in [0.3, 0.4) is 0 Å². The van der Waals surface area contributed by atoms with Crippen LogP contribution in [0.25, 0.3) is 0 Å². The van der Waals surface area contributed by atoms with E-state index in [4.69, 9.17) is 5.73 Å². The molecule has 0 spiro atoms. The number of aryl methyl sites for hydroxylation is 1. The van der Waals surface area contributed by atoms with Crippen molar-refractivity contribution < 1.29 is 4.79 Å².